The summed E-state index contributed by atoms with van der Waals surface area (Å²) in [7, 11) is 0. The van der Waals surface area contributed by atoms with E-state index in [1.54, 1.807) is 24.4 Å². The van der Waals surface area contributed by atoms with Gasteiger partial charge < -0.3 is 15.4 Å². The molecule has 0 bridgehead atoms. The van der Waals surface area contributed by atoms with Gasteiger partial charge in [0.25, 0.3) is 11.8 Å². The van der Waals surface area contributed by atoms with Crippen LogP contribution in [0.1, 0.15) is 15.9 Å². The van der Waals surface area contributed by atoms with Crippen LogP contribution in [0.15, 0.2) is 48.7 Å². The molecule has 0 unspecified atom stereocenters. The number of nitrogens with zero attached hydrogens (tertiary/aromatic N) is 1. The van der Waals surface area contributed by atoms with Gasteiger partial charge in [-0.25, -0.2) is 0 Å². The summed E-state index contributed by atoms with van der Waals surface area (Å²) in [5.74, 6) is -0.156. The molecule has 0 aliphatic carbocycles. The highest BCUT2D eigenvalue weighted by Gasteiger charge is 2.22. The van der Waals surface area contributed by atoms with E-state index in [2.05, 4.69) is 15.6 Å². The van der Waals surface area contributed by atoms with E-state index in [4.69, 9.17) is 4.74 Å². The Morgan fingerprint density at radius 1 is 1.20 bits per heavy atom. The summed E-state index contributed by atoms with van der Waals surface area (Å²) in [5.41, 5.74) is 3.43. The number of fused-ring (bicyclic) bond motifs is 2. The Labute approximate surface area is 143 Å². The summed E-state index contributed by atoms with van der Waals surface area (Å²) in [4.78, 5) is 28.6. The molecule has 1 aliphatic heterocycles. The number of aromatic nitrogens is 1. The maximum absolute atomic E-state index is 12.8. The first-order chi connectivity index (χ1) is 12.1. The van der Waals surface area contributed by atoms with E-state index in [0.717, 1.165) is 16.5 Å². The van der Waals surface area contributed by atoms with E-state index >= 15 is 0 Å². The van der Waals surface area contributed by atoms with Crippen LogP contribution < -0.4 is 15.4 Å². The normalized spacial score (nSPS) is 12.9. The predicted molar refractivity (Wildman–Crippen MR) is 95.0 cm³/mol. The van der Waals surface area contributed by atoms with Crippen molar-refractivity contribution in [2.75, 3.05) is 17.2 Å². The molecule has 1 aliphatic rings. The third-order valence-corrected chi connectivity index (χ3v) is 4.10. The van der Waals surface area contributed by atoms with Gasteiger partial charge in [0, 0.05) is 11.6 Å². The first kappa shape index (κ1) is 15.1. The third-order valence-electron chi connectivity index (χ3n) is 4.10. The van der Waals surface area contributed by atoms with E-state index in [-0.39, 0.29) is 18.4 Å². The van der Waals surface area contributed by atoms with Crippen molar-refractivity contribution in [3.05, 3.63) is 59.8 Å². The van der Waals surface area contributed by atoms with Crippen LogP contribution >= 0.6 is 0 Å². The lowest BCUT2D eigenvalue weighted by Crippen LogP contribution is -2.27. The second-order valence-corrected chi connectivity index (χ2v) is 5.80. The minimum atomic E-state index is -0.304. The van der Waals surface area contributed by atoms with Crippen LogP contribution in [0, 0.1) is 6.92 Å². The standard InChI is InChI=1S/C19H15N3O3/c1-11-7-8-14(12-5-3-9-20-17(11)12)22-19(24)13-4-2-6-15-18(13)25-10-16(23)21-15/h2-9H,10H2,1H3,(H,21,23)(H,22,24). The molecule has 2 amide bonds. The summed E-state index contributed by atoms with van der Waals surface area (Å²) in [6.07, 6.45) is 1.73. The molecule has 0 saturated heterocycles. The number of nitrogens with one attached hydrogen (secondary N) is 2. The lowest BCUT2D eigenvalue weighted by atomic mass is 10.1. The fraction of sp³-hybridized carbons (Fsp3) is 0.105. The average molecular weight is 333 g/mol. The molecular weight excluding hydrogens is 318 g/mol. The molecule has 25 heavy (non-hydrogen) atoms. The number of amides is 2. The molecular formula is C19H15N3O3. The zero-order valence-electron chi connectivity index (χ0n) is 13.5. The minimum Gasteiger partial charge on any atom is -0.481 e. The highest BCUT2D eigenvalue weighted by atomic mass is 16.5. The molecule has 1 aromatic heterocycles. The lowest BCUT2D eigenvalue weighted by molar-refractivity contribution is -0.118. The molecule has 2 heterocycles. The number of aryl methyl sites for hydroxylation is 1. The number of rotatable bonds is 2. The number of pyridine rings is 1. The van der Waals surface area contributed by atoms with Crippen LogP contribution in [0.3, 0.4) is 0 Å². The van der Waals surface area contributed by atoms with Gasteiger partial charge in [-0.3, -0.25) is 14.6 Å². The molecule has 4 rings (SSSR count). The Hall–Kier alpha value is -3.41. The highest BCUT2D eigenvalue weighted by molar-refractivity contribution is 6.12. The van der Waals surface area contributed by atoms with E-state index in [9.17, 15) is 9.59 Å². The van der Waals surface area contributed by atoms with Crippen LogP contribution in [-0.4, -0.2) is 23.4 Å². The van der Waals surface area contributed by atoms with E-state index in [1.165, 1.54) is 0 Å². The summed E-state index contributed by atoms with van der Waals surface area (Å²) in [6.45, 7) is 1.87. The first-order valence-electron chi connectivity index (χ1n) is 7.85. The highest BCUT2D eigenvalue weighted by Crippen LogP contribution is 2.32. The molecule has 0 radical (unpaired) electrons. The van der Waals surface area contributed by atoms with Crippen molar-refractivity contribution in [2.45, 2.75) is 6.92 Å². The van der Waals surface area contributed by atoms with E-state index in [0.29, 0.717) is 22.7 Å². The second-order valence-electron chi connectivity index (χ2n) is 5.80. The van der Waals surface area contributed by atoms with Crippen molar-refractivity contribution in [1.82, 2.24) is 4.98 Å². The van der Waals surface area contributed by atoms with Crippen molar-refractivity contribution in [2.24, 2.45) is 0 Å². The average Bonchev–Trinajstić information content (AvgIpc) is 2.63. The quantitative estimate of drug-likeness (QED) is 0.755. The summed E-state index contributed by atoms with van der Waals surface area (Å²) in [6, 6.07) is 12.6. The largest absolute Gasteiger partial charge is 0.481 e. The summed E-state index contributed by atoms with van der Waals surface area (Å²) in [5, 5.41) is 6.49. The van der Waals surface area contributed by atoms with Gasteiger partial charge in [0.05, 0.1) is 22.5 Å². The van der Waals surface area contributed by atoms with Gasteiger partial charge in [0.15, 0.2) is 12.4 Å². The van der Waals surface area contributed by atoms with Gasteiger partial charge in [-0.15, -0.1) is 0 Å². The topological polar surface area (TPSA) is 80.3 Å². The molecule has 6 nitrogen and oxygen atoms in total. The monoisotopic (exact) mass is 333 g/mol. The number of benzene rings is 2. The molecule has 124 valence electrons. The number of carbonyl (C=O) groups excluding carboxylic acids is 2. The van der Waals surface area contributed by atoms with Crippen molar-refractivity contribution < 1.29 is 14.3 Å². The van der Waals surface area contributed by atoms with Gasteiger partial charge in [0.2, 0.25) is 0 Å². The Morgan fingerprint density at radius 2 is 2.08 bits per heavy atom. The number of ether oxygens (including phenoxy) is 1. The summed E-state index contributed by atoms with van der Waals surface area (Å²) < 4.78 is 5.45. The summed E-state index contributed by atoms with van der Waals surface area (Å²) >= 11 is 0. The Kier molecular flexibility index (Phi) is 3.57. The fourth-order valence-corrected chi connectivity index (χ4v) is 2.91. The molecule has 6 heteroatoms. The number of hydrogen-bond acceptors (Lipinski definition) is 4. The molecule has 0 spiro atoms. The van der Waals surface area contributed by atoms with Crippen molar-refractivity contribution >= 4 is 34.1 Å². The minimum absolute atomic E-state index is 0.103. The van der Waals surface area contributed by atoms with E-state index in [1.807, 2.05) is 31.2 Å². The zero-order chi connectivity index (χ0) is 17.4. The van der Waals surface area contributed by atoms with Crippen LogP contribution in [-0.2, 0) is 4.79 Å². The maximum atomic E-state index is 12.8. The van der Waals surface area contributed by atoms with Gasteiger partial charge in [0.1, 0.15) is 0 Å². The Bertz CT molecular complexity index is 1010. The zero-order valence-corrected chi connectivity index (χ0v) is 13.5. The SMILES string of the molecule is Cc1ccc(NC(=O)c2cccc3c2OCC(=O)N3)c2cccnc12. The Balaban J connectivity index is 1.71. The van der Waals surface area contributed by atoms with Crippen LogP contribution in [0.2, 0.25) is 0 Å². The fourth-order valence-electron chi connectivity index (χ4n) is 2.91. The lowest BCUT2D eigenvalue weighted by Gasteiger charge is -2.20. The number of anilines is 2. The molecule has 0 saturated carbocycles. The van der Waals surface area contributed by atoms with Crippen LogP contribution in [0.5, 0.6) is 5.75 Å². The van der Waals surface area contributed by atoms with Crippen molar-refractivity contribution in [1.29, 1.82) is 0 Å². The predicted octanol–water partition coefficient (Wildman–Crippen LogP) is 3.13. The van der Waals surface area contributed by atoms with Gasteiger partial charge >= 0.3 is 0 Å². The smallest absolute Gasteiger partial charge is 0.262 e. The molecule has 3 aromatic rings. The first-order valence-corrected chi connectivity index (χ1v) is 7.85. The third kappa shape index (κ3) is 2.67. The number of para-hydroxylation sites is 1. The van der Waals surface area contributed by atoms with E-state index < -0.39 is 0 Å². The molecule has 2 aromatic carbocycles. The second kappa shape index (κ2) is 5.90. The number of hydrogen-bond donors (Lipinski definition) is 2. The molecule has 0 fully saturated rings. The van der Waals surface area contributed by atoms with Crippen molar-refractivity contribution in [3.63, 3.8) is 0 Å². The van der Waals surface area contributed by atoms with Gasteiger partial charge in [-0.05, 0) is 42.8 Å². The van der Waals surface area contributed by atoms with Crippen LogP contribution in [0.4, 0.5) is 11.4 Å². The Morgan fingerprint density at radius 3 is 2.96 bits per heavy atom. The molecule has 2 N–H and O–H groups in total. The van der Waals surface area contributed by atoms with Gasteiger partial charge in [-0.2, -0.15) is 0 Å². The number of carbonyl (C=O) groups is 2. The van der Waals surface area contributed by atoms with Gasteiger partial charge in [-0.1, -0.05) is 12.1 Å². The molecule has 0 atom stereocenters. The maximum Gasteiger partial charge on any atom is 0.262 e. The van der Waals surface area contributed by atoms with Crippen molar-refractivity contribution in [3.8, 4) is 5.75 Å². The van der Waals surface area contributed by atoms with Crippen LogP contribution in [0.25, 0.3) is 10.9 Å².